The maximum absolute atomic E-state index is 13.3. The van der Waals surface area contributed by atoms with Crippen molar-refractivity contribution >= 4 is 23.4 Å². The number of esters is 2. The molecule has 0 bridgehead atoms. The van der Waals surface area contributed by atoms with Gasteiger partial charge in [-0.1, -0.05) is 57.2 Å². The molecule has 8 nitrogen and oxygen atoms in total. The molecule has 8 heteroatoms. The molecule has 1 unspecified atom stereocenters. The van der Waals surface area contributed by atoms with Crippen molar-refractivity contribution in [1.82, 2.24) is 0 Å². The molecule has 0 radical (unpaired) electrons. The lowest BCUT2D eigenvalue weighted by Crippen LogP contribution is -2.41. The number of nitrogens with two attached hydrogens (primary N) is 1. The van der Waals surface area contributed by atoms with E-state index in [9.17, 15) is 19.6 Å². The molecule has 2 aromatic rings. The monoisotopic (exact) mass is 487 g/mol. The number of ether oxygens (including phenoxy) is 2. The molecule has 2 N–H and O–H groups in total. The molecule has 1 heterocycles. The minimum atomic E-state index is -0.986. The van der Waals surface area contributed by atoms with E-state index in [1.807, 2.05) is 26.8 Å². The van der Waals surface area contributed by atoms with E-state index in [1.165, 1.54) is 26.0 Å². The van der Waals surface area contributed by atoms with Crippen LogP contribution in [0.15, 0.2) is 71.2 Å². The maximum Gasteiger partial charge on any atom is 0.355 e. The zero-order chi connectivity index (χ0) is 26.8. The van der Waals surface area contributed by atoms with Crippen LogP contribution in [0.5, 0.6) is 0 Å². The fraction of sp³-hybridized carbons (Fsp3) is 0.286. The zero-order valence-corrected chi connectivity index (χ0v) is 21.2. The zero-order valence-electron chi connectivity index (χ0n) is 21.2. The van der Waals surface area contributed by atoms with Crippen LogP contribution in [0.2, 0.25) is 0 Å². The summed E-state index contributed by atoms with van der Waals surface area (Å²) in [6, 6.07) is 16.1. The van der Waals surface area contributed by atoms with E-state index < -0.39 is 17.9 Å². The van der Waals surface area contributed by atoms with E-state index in [-0.39, 0.29) is 45.1 Å². The van der Waals surface area contributed by atoms with Gasteiger partial charge in [0.05, 0.1) is 43.0 Å². The first-order valence-corrected chi connectivity index (χ1v) is 11.3. The van der Waals surface area contributed by atoms with Crippen LogP contribution in [0.25, 0.3) is 0 Å². The molecule has 1 atom stereocenters. The topological polar surface area (TPSA) is 123 Å². The van der Waals surface area contributed by atoms with Crippen LogP contribution in [0.3, 0.4) is 0 Å². The fourth-order valence-electron chi connectivity index (χ4n) is 4.24. The lowest BCUT2D eigenvalue weighted by atomic mass is 9.80. The Kier molecular flexibility index (Phi) is 7.35. The second-order valence-electron chi connectivity index (χ2n) is 9.37. The first-order valence-electron chi connectivity index (χ1n) is 11.3. The van der Waals surface area contributed by atoms with Gasteiger partial charge in [-0.2, -0.15) is 5.26 Å². The number of methoxy groups -OCH3 is 2. The van der Waals surface area contributed by atoms with Gasteiger partial charge in [-0.05, 0) is 35.6 Å². The summed E-state index contributed by atoms with van der Waals surface area (Å²) < 4.78 is 10.1. The highest BCUT2D eigenvalue weighted by Gasteiger charge is 2.43. The summed E-state index contributed by atoms with van der Waals surface area (Å²) in [6.07, 6.45) is 0. The molecule has 0 spiro atoms. The van der Waals surface area contributed by atoms with Crippen LogP contribution in [-0.4, -0.2) is 31.9 Å². The molecular formula is C28H29N3O5. The number of hydrogen-bond donors (Lipinski definition) is 1. The molecule has 0 aromatic heterocycles. The highest BCUT2D eigenvalue weighted by atomic mass is 16.5. The Balaban J connectivity index is 2.52. The number of ketones is 1. The predicted molar refractivity (Wildman–Crippen MR) is 135 cm³/mol. The maximum atomic E-state index is 13.3. The van der Waals surface area contributed by atoms with Gasteiger partial charge in [-0.25, -0.2) is 9.59 Å². The summed E-state index contributed by atoms with van der Waals surface area (Å²) in [7, 11) is 2.36. The summed E-state index contributed by atoms with van der Waals surface area (Å²) in [6.45, 7) is 7.38. The molecule has 2 aromatic carbocycles. The number of carbonyl (C=O) groups is 3. The molecule has 0 amide bonds. The van der Waals surface area contributed by atoms with Crippen LogP contribution in [0.4, 0.5) is 5.69 Å². The standard InChI is InChI=1S/C28H29N3O5/c1-16(32)19-13-12-18(28(2,3)4)14-21(19)31-24(27(34)36-6)23(26(33)35-5)22(20(15-29)25(31)30)17-10-8-7-9-11-17/h7-14,22H,30H2,1-6H3. The summed E-state index contributed by atoms with van der Waals surface area (Å²) in [5.41, 5.74) is 7.90. The van der Waals surface area contributed by atoms with Crippen molar-refractivity contribution in [2.75, 3.05) is 19.1 Å². The summed E-state index contributed by atoms with van der Waals surface area (Å²) in [5, 5.41) is 10.2. The summed E-state index contributed by atoms with van der Waals surface area (Å²) in [5.74, 6) is -3.06. The third kappa shape index (κ3) is 4.60. The lowest BCUT2D eigenvalue weighted by Gasteiger charge is -2.37. The van der Waals surface area contributed by atoms with Gasteiger partial charge in [0.25, 0.3) is 0 Å². The Bertz CT molecular complexity index is 1330. The van der Waals surface area contributed by atoms with Crippen molar-refractivity contribution in [2.45, 2.75) is 39.0 Å². The number of nitrogens with zero attached hydrogens (tertiary/aromatic N) is 2. The molecule has 1 aliphatic heterocycles. The fourth-order valence-corrected chi connectivity index (χ4v) is 4.24. The Hall–Kier alpha value is -4.38. The van der Waals surface area contributed by atoms with Crippen molar-refractivity contribution in [2.24, 2.45) is 5.73 Å². The highest BCUT2D eigenvalue weighted by molar-refractivity contribution is 6.08. The average molecular weight is 488 g/mol. The number of allylic oxidation sites excluding steroid dienone is 1. The van der Waals surface area contributed by atoms with Crippen molar-refractivity contribution in [3.8, 4) is 6.07 Å². The Morgan fingerprint density at radius 1 is 1.00 bits per heavy atom. The van der Waals surface area contributed by atoms with Crippen molar-refractivity contribution in [1.29, 1.82) is 5.26 Å². The van der Waals surface area contributed by atoms with Gasteiger partial charge in [0.15, 0.2) is 5.78 Å². The third-order valence-corrected chi connectivity index (χ3v) is 6.09. The molecule has 0 aliphatic carbocycles. The first-order chi connectivity index (χ1) is 17.0. The molecule has 0 fully saturated rings. The van der Waals surface area contributed by atoms with Crippen LogP contribution in [0, 0.1) is 11.3 Å². The molecule has 3 rings (SSSR count). The van der Waals surface area contributed by atoms with Crippen LogP contribution < -0.4 is 10.6 Å². The SMILES string of the molecule is COC(=O)C1=C(C(=O)OC)N(c2cc(C(C)(C)C)ccc2C(C)=O)C(N)=C(C#N)C1c1ccccc1. The Labute approximate surface area is 210 Å². The second kappa shape index (κ2) is 10.1. The first kappa shape index (κ1) is 26.2. The largest absolute Gasteiger partial charge is 0.466 e. The molecule has 0 saturated carbocycles. The van der Waals surface area contributed by atoms with Crippen LogP contribution >= 0.6 is 0 Å². The molecule has 186 valence electrons. The lowest BCUT2D eigenvalue weighted by molar-refractivity contribution is -0.139. The van der Waals surface area contributed by atoms with Crippen LogP contribution in [0.1, 0.15) is 55.1 Å². The Morgan fingerprint density at radius 2 is 1.61 bits per heavy atom. The van der Waals surface area contributed by atoms with E-state index >= 15 is 0 Å². The van der Waals surface area contributed by atoms with E-state index in [1.54, 1.807) is 42.5 Å². The molecule has 0 saturated heterocycles. The van der Waals surface area contributed by atoms with Gasteiger partial charge >= 0.3 is 11.9 Å². The van der Waals surface area contributed by atoms with Gasteiger partial charge in [0.2, 0.25) is 0 Å². The number of hydrogen-bond acceptors (Lipinski definition) is 8. The molecule has 36 heavy (non-hydrogen) atoms. The number of rotatable bonds is 5. The van der Waals surface area contributed by atoms with Gasteiger partial charge in [-0.15, -0.1) is 0 Å². The van der Waals surface area contributed by atoms with Crippen molar-refractivity contribution in [3.05, 3.63) is 87.9 Å². The minimum Gasteiger partial charge on any atom is -0.466 e. The van der Waals surface area contributed by atoms with Gasteiger partial charge in [0, 0.05) is 5.56 Å². The quantitative estimate of drug-likeness (QED) is 0.494. The number of carbonyl (C=O) groups excluding carboxylic acids is 3. The summed E-state index contributed by atoms with van der Waals surface area (Å²) in [4.78, 5) is 40.4. The van der Waals surface area contributed by atoms with Gasteiger partial charge < -0.3 is 15.2 Å². The third-order valence-electron chi connectivity index (χ3n) is 6.09. The number of benzene rings is 2. The smallest absolute Gasteiger partial charge is 0.355 e. The van der Waals surface area contributed by atoms with E-state index in [0.717, 1.165) is 5.56 Å². The average Bonchev–Trinajstić information content (AvgIpc) is 2.86. The number of nitriles is 1. The normalized spacial score (nSPS) is 15.9. The van der Waals surface area contributed by atoms with Gasteiger partial charge in [-0.3, -0.25) is 9.69 Å². The van der Waals surface area contributed by atoms with E-state index in [4.69, 9.17) is 15.2 Å². The number of anilines is 1. The summed E-state index contributed by atoms with van der Waals surface area (Å²) >= 11 is 0. The molecule has 1 aliphatic rings. The minimum absolute atomic E-state index is 0.0323. The highest BCUT2D eigenvalue weighted by Crippen LogP contribution is 2.44. The predicted octanol–water partition coefficient (Wildman–Crippen LogP) is 4.08. The Morgan fingerprint density at radius 3 is 2.11 bits per heavy atom. The van der Waals surface area contributed by atoms with Crippen LogP contribution in [-0.2, 0) is 24.5 Å². The second-order valence-corrected chi connectivity index (χ2v) is 9.37. The van der Waals surface area contributed by atoms with E-state index in [0.29, 0.717) is 5.56 Å². The van der Waals surface area contributed by atoms with Crippen molar-refractivity contribution < 1.29 is 23.9 Å². The van der Waals surface area contributed by atoms with E-state index in [2.05, 4.69) is 6.07 Å². The number of Topliss-reactive ketones (excluding diaryl/α,β-unsaturated/α-hetero) is 1. The van der Waals surface area contributed by atoms with Gasteiger partial charge in [0.1, 0.15) is 11.5 Å². The molecular weight excluding hydrogens is 458 g/mol. The van der Waals surface area contributed by atoms with Crippen molar-refractivity contribution in [3.63, 3.8) is 0 Å².